The van der Waals surface area contributed by atoms with Crippen molar-refractivity contribution in [1.29, 1.82) is 5.26 Å². The molecule has 0 aliphatic heterocycles. The molecule has 0 saturated carbocycles. The van der Waals surface area contributed by atoms with E-state index in [2.05, 4.69) is 30.2 Å². The molecule has 1 unspecified atom stereocenters. The van der Waals surface area contributed by atoms with Gasteiger partial charge in [-0.25, -0.2) is 23.9 Å². The molecule has 0 bridgehead atoms. The van der Waals surface area contributed by atoms with Crippen molar-refractivity contribution in [2.75, 3.05) is 22.5 Å². The Bertz CT molecular complexity index is 1500. The summed E-state index contributed by atoms with van der Waals surface area (Å²) in [6.45, 7) is 1.60. The first-order chi connectivity index (χ1) is 15.7. The number of anilines is 4. The second-order valence-electron chi connectivity index (χ2n) is 6.83. The maximum atomic E-state index is 14.6. The van der Waals surface area contributed by atoms with E-state index in [4.69, 9.17) is 28.8 Å². The lowest BCUT2D eigenvalue weighted by Gasteiger charge is -2.20. The first-order valence-corrected chi connectivity index (χ1v) is 9.67. The van der Waals surface area contributed by atoms with Crippen LogP contribution in [0.5, 0.6) is 0 Å². The van der Waals surface area contributed by atoms with E-state index >= 15 is 0 Å². The lowest BCUT2D eigenvalue weighted by atomic mass is 10.2. The van der Waals surface area contributed by atoms with E-state index in [0.29, 0.717) is 0 Å². The van der Waals surface area contributed by atoms with Gasteiger partial charge in [-0.1, -0.05) is 11.6 Å². The molecule has 0 aliphatic rings. The molecule has 12 nitrogen and oxygen atoms in total. The lowest BCUT2D eigenvalue weighted by molar-refractivity contribution is 0.631. The largest absolute Gasteiger partial charge is 0.382 e. The predicted octanol–water partition coefficient (Wildman–Crippen LogP) is 1.55. The highest BCUT2D eigenvalue weighted by molar-refractivity contribution is 6.35. The zero-order valence-corrected chi connectivity index (χ0v) is 17.7. The molecular weight excluding hydrogens is 453 g/mol. The summed E-state index contributed by atoms with van der Waals surface area (Å²) in [5.74, 6) is -0.835. The number of nitriles is 1. The highest BCUT2D eigenvalue weighted by Gasteiger charge is 2.23. The van der Waals surface area contributed by atoms with Crippen LogP contribution in [0.2, 0.25) is 5.02 Å². The van der Waals surface area contributed by atoms with Crippen LogP contribution in [0.15, 0.2) is 29.3 Å². The summed E-state index contributed by atoms with van der Waals surface area (Å²) in [5, 5.41) is 12.2. The minimum Gasteiger partial charge on any atom is -0.382 e. The smallest absolute Gasteiger partial charge is 0.268 e. The van der Waals surface area contributed by atoms with Gasteiger partial charge >= 0.3 is 0 Å². The number of nitrogens with two attached hydrogens (primary N) is 3. The summed E-state index contributed by atoms with van der Waals surface area (Å²) in [4.78, 5) is 33.6. The number of nitrogen functional groups attached to an aromatic ring is 3. The van der Waals surface area contributed by atoms with E-state index in [9.17, 15) is 14.4 Å². The maximum Gasteiger partial charge on any atom is 0.268 e. The van der Waals surface area contributed by atoms with Crippen LogP contribution in [0.25, 0.3) is 16.7 Å². The summed E-state index contributed by atoms with van der Waals surface area (Å²) in [6.07, 6.45) is 2.51. The van der Waals surface area contributed by atoms with Crippen LogP contribution in [0, 0.1) is 17.1 Å². The summed E-state index contributed by atoms with van der Waals surface area (Å²) >= 11 is 6.18. The molecule has 14 heteroatoms. The molecule has 0 radical (unpaired) electrons. The van der Waals surface area contributed by atoms with Crippen LogP contribution in [0.1, 0.15) is 24.4 Å². The third kappa shape index (κ3) is 3.79. The number of nitrogens with zero attached hydrogens (tertiary/aromatic N) is 7. The van der Waals surface area contributed by atoms with Gasteiger partial charge in [0.05, 0.1) is 28.8 Å². The third-order valence-corrected chi connectivity index (χ3v) is 4.96. The van der Waals surface area contributed by atoms with E-state index in [-0.39, 0.29) is 56.5 Å². The number of halogens is 2. The lowest BCUT2D eigenvalue weighted by Crippen LogP contribution is -2.29. The second-order valence-corrected chi connectivity index (χ2v) is 7.24. The minimum absolute atomic E-state index is 0.00542. The van der Waals surface area contributed by atoms with Crippen molar-refractivity contribution in [2.45, 2.75) is 13.0 Å². The molecule has 0 spiro atoms. The molecule has 166 valence electrons. The van der Waals surface area contributed by atoms with E-state index < -0.39 is 17.4 Å². The summed E-state index contributed by atoms with van der Waals surface area (Å²) in [6, 6.07) is 3.42. The van der Waals surface area contributed by atoms with Crippen molar-refractivity contribution in [3.63, 3.8) is 0 Å². The number of hydrogen-bond acceptors (Lipinski definition) is 11. The molecule has 3 aromatic heterocycles. The Labute approximate surface area is 189 Å². The van der Waals surface area contributed by atoms with Gasteiger partial charge < -0.3 is 22.5 Å². The van der Waals surface area contributed by atoms with Crippen LogP contribution in [-0.2, 0) is 0 Å². The normalized spacial score (nSPS) is 11.8. The van der Waals surface area contributed by atoms with Crippen molar-refractivity contribution in [3.05, 3.63) is 57.1 Å². The summed E-state index contributed by atoms with van der Waals surface area (Å²) in [5.41, 5.74) is 16.0. The standard InChI is InChI=1S/C19H15ClFN11O/c1-7(28-16-8(4-22)15(24)30-19(25)31-16)17-29-14-10(21)3-2-9(20)13(14)18(33)32(17)12-6-26-11(23)5-27-12/h2-3,5-7H,1H3,(H2,23,26)(H5,24,25,28,30,31). The third-order valence-electron chi connectivity index (χ3n) is 4.64. The Balaban J connectivity index is 1.98. The SMILES string of the molecule is CC(Nc1nc(N)nc(N)c1C#N)c1nc2c(F)ccc(Cl)c2c(=O)n1-c1cnc(N)cn1. The molecule has 4 aromatic rings. The number of rotatable bonds is 4. The van der Waals surface area contributed by atoms with Gasteiger partial charge in [0.1, 0.15) is 40.4 Å². The highest BCUT2D eigenvalue weighted by Crippen LogP contribution is 2.27. The topological polar surface area (TPSA) is 200 Å². The monoisotopic (exact) mass is 467 g/mol. The van der Waals surface area contributed by atoms with Crippen molar-refractivity contribution in [1.82, 2.24) is 29.5 Å². The van der Waals surface area contributed by atoms with Crippen molar-refractivity contribution < 1.29 is 4.39 Å². The average molecular weight is 468 g/mol. The van der Waals surface area contributed by atoms with Crippen LogP contribution in [0.4, 0.5) is 27.8 Å². The van der Waals surface area contributed by atoms with Gasteiger partial charge in [-0.15, -0.1) is 0 Å². The second kappa shape index (κ2) is 8.17. The summed E-state index contributed by atoms with van der Waals surface area (Å²) in [7, 11) is 0. The molecule has 0 saturated heterocycles. The van der Waals surface area contributed by atoms with Gasteiger partial charge in [-0.3, -0.25) is 4.79 Å². The first-order valence-electron chi connectivity index (χ1n) is 9.29. The Morgan fingerprint density at radius 1 is 1.18 bits per heavy atom. The molecule has 1 aromatic carbocycles. The summed E-state index contributed by atoms with van der Waals surface area (Å²) < 4.78 is 15.7. The number of nitrogens with one attached hydrogen (secondary N) is 1. The van der Waals surface area contributed by atoms with Gasteiger partial charge in [-0.2, -0.15) is 15.2 Å². The molecule has 33 heavy (non-hydrogen) atoms. The Morgan fingerprint density at radius 2 is 1.94 bits per heavy atom. The molecule has 0 aliphatic carbocycles. The molecule has 3 heterocycles. The van der Waals surface area contributed by atoms with Gasteiger partial charge in [0.15, 0.2) is 11.6 Å². The fourth-order valence-corrected chi connectivity index (χ4v) is 3.41. The quantitative estimate of drug-likeness (QED) is 0.339. The Kier molecular flexibility index (Phi) is 5.36. The first kappa shape index (κ1) is 21.7. The molecule has 0 fully saturated rings. The van der Waals surface area contributed by atoms with Crippen molar-refractivity contribution >= 4 is 45.9 Å². The van der Waals surface area contributed by atoms with Crippen LogP contribution in [0.3, 0.4) is 0 Å². The zero-order chi connectivity index (χ0) is 23.9. The highest BCUT2D eigenvalue weighted by atomic mass is 35.5. The Hall–Kier alpha value is -4.57. The molecule has 7 N–H and O–H groups in total. The van der Waals surface area contributed by atoms with Crippen LogP contribution < -0.4 is 28.1 Å². The molecule has 1 atom stereocenters. The van der Waals surface area contributed by atoms with E-state index in [1.165, 1.54) is 18.5 Å². The van der Waals surface area contributed by atoms with Crippen LogP contribution >= 0.6 is 11.6 Å². The van der Waals surface area contributed by atoms with Gasteiger partial charge in [-0.05, 0) is 19.1 Å². The molecular formula is C19H15ClFN11O. The van der Waals surface area contributed by atoms with Crippen LogP contribution in [-0.4, -0.2) is 29.5 Å². The number of fused-ring (bicyclic) bond motifs is 1. The van der Waals surface area contributed by atoms with E-state index in [0.717, 1.165) is 10.6 Å². The van der Waals surface area contributed by atoms with Crippen molar-refractivity contribution in [2.24, 2.45) is 0 Å². The molecule has 0 amide bonds. The van der Waals surface area contributed by atoms with Crippen molar-refractivity contribution in [3.8, 4) is 11.9 Å². The van der Waals surface area contributed by atoms with Gasteiger partial charge in [0, 0.05) is 0 Å². The van der Waals surface area contributed by atoms with Gasteiger partial charge in [0.2, 0.25) is 5.95 Å². The number of benzene rings is 1. The molecule has 4 rings (SSSR count). The predicted molar refractivity (Wildman–Crippen MR) is 120 cm³/mol. The number of hydrogen-bond donors (Lipinski definition) is 4. The average Bonchev–Trinajstić information content (AvgIpc) is 2.76. The van der Waals surface area contributed by atoms with Gasteiger partial charge in [0.25, 0.3) is 5.56 Å². The minimum atomic E-state index is -0.833. The fourth-order valence-electron chi connectivity index (χ4n) is 3.17. The van der Waals surface area contributed by atoms with E-state index in [1.807, 2.05) is 6.07 Å². The number of aromatic nitrogens is 6. The maximum absolute atomic E-state index is 14.6. The zero-order valence-electron chi connectivity index (χ0n) is 16.9. The Morgan fingerprint density at radius 3 is 2.61 bits per heavy atom. The fraction of sp³-hybridized carbons (Fsp3) is 0.105. The van der Waals surface area contributed by atoms with E-state index in [1.54, 1.807) is 6.92 Å².